The monoisotopic (exact) mass is 325 g/mol. The predicted molar refractivity (Wildman–Crippen MR) is 80.7 cm³/mol. The zero-order chi connectivity index (χ0) is 16.4. The molecule has 22 heavy (non-hydrogen) atoms. The predicted octanol–water partition coefficient (Wildman–Crippen LogP) is 2.03. The molecular formula is C14H19N3O4S. The number of carboxylic acid groups (broad SMARTS) is 1. The molecule has 0 saturated carbocycles. The van der Waals surface area contributed by atoms with E-state index in [0.717, 1.165) is 0 Å². The summed E-state index contributed by atoms with van der Waals surface area (Å²) in [5, 5.41) is 9.62. The first-order chi connectivity index (χ1) is 10.2. The van der Waals surface area contributed by atoms with Gasteiger partial charge in [-0.05, 0) is 26.8 Å². The Labute approximate surface area is 133 Å². The van der Waals surface area contributed by atoms with E-state index in [1.807, 2.05) is 0 Å². The number of ether oxygens (including phenoxy) is 1. The summed E-state index contributed by atoms with van der Waals surface area (Å²) >= 11 is 1.29. The van der Waals surface area contributed by atoms with Gasteiger partial charge in [0.25, 0.3) is 0 Å². The Morgan fingerprint density at radius 3 is 2.45 bits per heavy atom. The molecule has 1 fully saturated rings. The molecule has 1 N–H and O–H groups in total. The van der Waals surface area contributed by atoms with Crippen molar-refractivity contribution in [2.24, 2.45) is 0 Å². The highest BCUT2D eigenvalue weighted by Gasteiger charge is 2.49. The second kappa shape index (κ2) is 6.12. The zero-order valence-corrected chi connectivity index (χ0v) is 13.6. The van der Waals surface area contributed by atoms with Gasteiger partial charge in [0, 0.05) is 25.5 Å². The standard InChI is InChI=1S/C14H19N3O4S/c1-13(2,3)21-12(20)17-8-14(9-17,7-10(18)19)22-11-15-5-4-6-16-11/h4-6H,7-9H2,1-3H3,(H,18,19). The number of aromatic nitrogens is 2. The highest BCUT2D eigenvalue weighted by atomic mass is 32.2. The molecule has 0 radical (unpaired) electrons. The summed E-state index contributed by atoms with van der Waals surface area (Å²) in [6.45, 7) is 5.99. The Balaban J connectivity index is 2.02. The molecule has 1 aliphatic heterocycles. The van der Waals surface area contributed by atoms with Crippen molar-refractivity contribution in [2.75, 3.05) is 13.1 Å². The van der Waals surface area contributed by atoms with Gasteiger partial charge in [-0.1, -0.05) is 11.8 Å². The first-order valence-electron chi connectivity index (χ1n) is 6.85. The van der Waals surface area contributed by atoms with Gasteiger partial charge in [-0.25, -0.2) is 14.8 Å². The van der Waals surface area contributed by atoms with E-state index in [-0.39, 0.29) is 6.42 Å². The minimum absolute atomic E-state index is 0.0603. The van der Waals surface area contributed by atoms with Gasteiger partial charge in [-0.2, -0.15) is 0 Å². The number of hydrogen-bond donors (Lipinski definition) is 1. The number of likely N-dealkylation sites (tertiary alicyclic amines) is 1. The molecule has 1 aromatic rings. The third-order valence-corrected chi connectivity index (χ3v) is 4.16. The second-order valence-corrected chi connectivity index (χ2v) is 7.66. The van der Waals surface area contributed by atoms with Gasteiger partial charge in [-0.3, -0.25) is 4.79 Å². The van der Waals surface area contributed by atoms with Crippen molar-refractivity contribution in [3.05, 3.63) is 18.5 Å². The summed E-state index contributed by atoms with van der Waals surface area (Å²) in [6, 6.07) is 1.70. The normalized spacial score (nSPS) is 16.8. The molecule has 1 aromatic heterocycles. The van der Waals surface area contributed by atoms with Crippen molar-refractivity contribution in [3.63, 3.8) is 0 Å². The van der Waals surface area contributed by atoms with Crippen molar-refractivity contribution < 1.29 is 19.4 Å². The third-order valence-electron chi connectivity index (χ3n) is 2.93. The Hall–Kier alpha value is -1.83. The van der Waals surface area contributed by atoms with E-state index in [1.54, 1.807) is 39.2 Å². The molecule has 0 aromatic carbocycles. The molecular weight excluding hydrogens is 306 g/mol. The molecule has 0 unspecified atom stereocenters. The van der Waals surface area contributed by atoms with Crippen LogP contribution in [-0.2, 0) is 9.53 Å². The lowest BCUT2D eigenvalue weighted by Crippen LogP contribution is -2.62. The van der Waals surface area contributed by atoms with Gasteiger partial charge in [0.1, 0.15) is 5.60 Å². The fourth-order valence-electron chi connectivity index (χ4n) is 2.12. The Morgan fingerprint density at radius 2 is 1.95 bits per heavy atom. The number of nitrogens with zero attached hydrogens (tertiary/aromatic N) is 3. The average molecular weight is 325 g/mol. The number of amides is 1. The fraction of sp³-hybridized carbons (Fsp3) is 0.571. The topological polar surface area (TPSA) is 92.6 Å². The van der Waals surface area contributed by atoms with E-state index in [0.29, 0.717) is 18.2 Å². The molecule has 7 nitrogen and oxygen atoms in total. The maximum absolute atomic E-state index is 12.0. The highest BCUT2D eigenvalue weighted by Crippen LogP contribution is 2.41. The van der Waals surface area contributed by atoms with Gasteiger partial charge < -0.3 is 14.7 Å². The molecule has 0 bridgehead atoms. The number of carbonyl (C=O) groups excluding carboxylic acids is 1. The van der Waals surface area contributed by atoms with Crippen LogP contribution in [0.4, 0.5) is 4.79 Å². The number of thioether (sulfide) groups is 1. The molecule has 1 aliphatic rings. The van der Waals surface area contributed by atoms with E-state index in [4.69, 9.17) is 9.84 Å². The van der Waals surface area contributed by atoms with Crippen LogP contribution in [0.2, 0.25) is 0 Å². The zero-order valence-electron chi connectivity index (χ0n) is 12.8. The largest absolute Gasteiger partial charge is 0.481 e. The SMILES string of the molecule is CC(C)(C)OC(=O)N1CC(CC(=O)O)(Sc2ncccn2)C1. The van der Waals surface area contributed by atoms with Crippen LogP contribution in [0.3, 0.4) is 0 Å². The van der Waals surface area contributed by atoms with Crippen molar-refractivity contribution in [3.8, 4) is 0 Å². The molecule has 2 heterocycles. The maximum Gasteiger partial charge on any atom is 0.410 e. The molecule has 2 rings (SSSR count). The van der Waals surface area contributed by atoms with Crippen LogP contribution >= 0.6 is 11.8 Å². The number of rotatable bonds is 4. The minimum Gasteiger partial charge on any atom is -0.481 e. The summed E-state index contributed by atoms with van der Waals surface area (Å²) in [7, 11) is 0. The fourth-order valence-corrected chi connectivity index (χ4v) is 3.38. The molecule has 0 spiro atoms. The summed E-state index contributed by atoms with van der Waals surface area (Å²) in [4.78, 5) is 32.8. The molecule has 1 saturated heterocycles. The first kappa shape index (κ1) is 16.5. The molecule has 1 amide bonds. The summed E-state index contributed by atoms with van der Waals surface area (Å²) < 4.78 is 4.68. The first-order valence-corrected chi connectivity index (χ1v) is 7.67. The van der Waals surface area contributed by atoms with Crippen molar-refractivity contribution in [1.82, 2.24) is 14.9 Å². The molecule has 0 atom stereocenters. The van der Waals surface area contributed by atoms with Crippen LogP contribution < -0.4 is 0 Å². The number of aliphatic carboxylic acids is 1. The van der Waals surface area contributed by atoms with Crippen LogP contribution in [0.15, 0.2) is 23.6 Å². The molecule has 0 aliphatic carbocycles. The van der Waals surface area contributed by atoms with Crippen LogP contribution in [0.1, 0.15) is 27.2 Å². The minimum atomic E-state index is -0.910. The van der Waals surface area contributed by atoms with Gasteiger partial charge in [0.2, 0.25) is 0 Å². The maximum atomic E-state index is 12.0. The van der Waals surface area contributed by atoms with E-state index in [9.17, 15) is 9.59 Å². The summed E-state index contributed by atoms with van der Waals surface area (Å²) in [5.74, 6) is -0.910. The molecule has 8 heteroatoms. The Morgan fingerprint density at radius 1 is 1.36 bits per heavy atom. The smallest absolute Gasteiger partial charge is 0.410 e. The van der Waals surface area contributed by atoms with E-state index < -0.39 is 22.4 Å². The average Bonchev–Trinajstić information content (AvgIpc) is 2.33. The lowest BCUT2D eigenvalue weighted by molar-refractivity contribution is -0.138. The Kier molecular flexibility index (Phi) is 4.60. The van der Waals surface area contributed by atoms with Crippen LogP contribution in [0.25, 0.3) is 0 Å². The van der Waals surface area contributed by atoms with Gasteiger partial charge >= 0.3 is 12.1 Å². The number of carbonyl (C=O) groups is 2. The van der Waals surface area contributed by atoms with Crippen LogP contribution in [0, 0.1) is 0 Å². The van der Waals surface area contributed by atoms with Gasteiger partial charge in [0.05, 0.1) is 11.2 Å². The third kappa shape index (κ3) is 4.33. The van der Waals surface area contributed by atoms with Crippen LogP contribution in [0.5, 0.6) is 0 Å². The van der Waals surface area contributed by atoms with Gasteiger partial charge in [-0.15, -0.1) is 0 Å². The quantitative estimate of drug-likeness (QED) is 0.847. The lowest BCUT2D eigenvalue weighted by Gasteiger charge is -2.48. The molecule has 120 valence electrons. The lowest BCUT2D eigenvalue weighted by atomic mass is 9.95. The van der Waals surface area contributed by atoms with Crippen molar-refractivity contribution >= 4 is 23.8 Å². The van der Waals surface area contributed by atoms with E-state index >= 15 is 0 Å². The van der Waals surface area contributed by atoms with Crippen molar-refractivity contribution in [2.45, 2.75) is 42.7 Å². The van der Waals surface area contributed by atoms with Gasteiger partial charge in [0.15, 0.2) is 5.16 Å². The number of hydrogen-bond acceptors (Lipinski definition) is 6. The number of carboxylic acids is 1. The van der Waals surface area contributed by atoms with E-state index in [1.165, 1.54) is 16.7 Å². The Bertz CT molecular complexity index is 553. The van der Waals surface area contributed by atoms with Crippen LogP contribution in [-0.4, -0.2) is 55.5 Å². The summed E-state index contributed by atoms with van der Waals surface area (Å²) in [5.41, 5.74) is -0.572. The highest BCUT2D eigenvalue weighted by molar-refractivity contribution is 8.00. The second-order valence-electron chi connectivity index (χ2n) is 6.22. The summed E-state index contributed by atoms with van der Waals surface area (Å²) in [6.07, 6.45) is 2.72. The van der Waals surface area contributed by atoms with Crippen molar-refractivity contribution in [1.29, 1.82) is 0 Å². The van der Waals surface area contributed by atoms with E-state index in [2.05, 4.69) is 9.97 Å².